The lowest BCUT2D eigenvalue weighted by atomic mass is 9.71. The number of hydrogen-bond donors (Lipinski definition) is 1. The van der Waals surface area contributed by atoms with E-state index in [0.717, 1.165) is 38.0 Å². The Morgan fingerprint density at radius 2 is 1.44 bits per heavy atom. The van der Waals surface area contributed by atoms with E-state index in [0.29, 0.717) is 48.7 Å². The van der Waals surface area contributed by atoms with Crippen LogP contribution in [0.2, 0.25) is 0 Å². The predicted octanol–water partition coefficient (Wildman–Crippen LogP) is 5.44. The lowest BCUT2D eigenvalue weighted by Crippen LogP contribution is -2.50. The van der Waals surface area contributed by atoms with E-state index >= 15 is 0 Å². The van der Waals surface area contributed by atoms with Crippen LogP contribution >= 0.6 is 12.4 Å². The highest BCUT2D eigenvalue weighted by atomic mass is 35.5. The van der Waals surface area contributed by atoms with E-state index in [9.17, 15) is 9.59 Å². The number of primary amides is 1. The van der Waals surface area contributed by atoms with Crippen LogP contribution in [-0.2, 0) is 15.6 Å². The molecule has 2 aliphatic heterocycles. The number of carbonyl (C=O) groups excluding carboxylic acids is 2. The first-order valence-corrected chi connectivity index (χ1v) is 15.4. The van der Waals surface area contributed by atoms with Gasteiger partial charge in [-0.2, -0.15) is 0 Å². The Morgan fingerprint density at radius 1 is 0.800 bits per heavy atom. The molecule has 2 aliphatic rings. The van der Waals surface area contributed by atoms with Crippen molar-refractivity contribution < 1.29 is 23.8 Å². The van der Waals surface area contributed by atoms with Crippen LogP contribution in [0.3, 0.4) is 0 Å². The summed E-state index contributed by atoms with van der Waals surface area (Å²) in [5, 5.41) is 0. The number of aryl methyl sites for hydroxylation is 2. The average molecular weight is 636 g/mol. The first-order valence-electron chi connectivity index (χ1n) is 15.4. The number of benzene rings is 3. The molecule has 3 aromatic carbocycles. The molecule has 45 heavy (non-hydrogen) atoms. The molecular formula is C36H46ClN3O5. The quantitative estimate of drug-likeness (QED) is 0.319. The van der Waals surface area contributed by atoms with Gasteiger partial charge in [0.05, 0.1) is 26.7 Å². The molecule has 0 radical (unpaired) electrons. The zero-order valence-electron chi connectivity index (χ0n) is 27.1. The van der Waals surface area contributed by atoms with E-state index in [1.807, 2.05) is 35.2 Å². The Kier molecular flexibility index (Phi) is 10.7. The van der Waals surface area contributed by atoms with Gasteiger partial charge in [0.15, 0.2) is 11.5 Å². The Bertz CT molecular complexity index is 1480. The molecule has 2 heterocycles. The van der Waals surface area contributed by atoms with Crippen molar-refractivity contribution in [3.8, 4) is 17.2 Å². The molecular weight excluding hydrogens is 590 g/mol. The van der Waals surface area contributed by atoms with E-state index in [1.165, 1.54) is 16.7 Å². The van der Waals surface area contributed by atoms with E-state index in [4.69, 9.17) is 19.9 Å². The van der Waals surface area contributed by atoms with Crippen LogP contribution in [-0.4, -0.2) is 75.7 Å². The second-order valence-corrected chi connectivity index (χ2v) is 12.4. The molecule has 3 aromatic rings. The van der Waals surface area contributed by atoms with Crippen LogP contribution < -0.4 is 19.9 Å². The summed E-state index contributed by atoms with van der Waals surface area (Å²) in [5.41, 5.74) is 10.5. The van der Waals surface area contributed by atoms with Crippen LogP contribution in [0.25, 0.3) is 0 Å². The Labute approximate surface area is 273 Å². The molecule has 8 nitrogen and oxygen atoms in total. The van der Waals surface area contributed by atoms with Crippen LogP contribution in [0, 0.1) is 13.8 Å². The summed E-state index contributed by atoms with van der Waals surface area (Å²) in [6.07, 6.45) is 3.18. The highest BCUT2D eigenvalue weighted by Gasteiger charge is 2.44. The van der Waals surface area contributed by atoms with Gasteiger partial charge in [0, 0.05) is 24.1 Å². The monoisotopic (exact) mass is 635 g/mol. The number of ether oxygens (including phenoxy) is 3. The normalized spacial score (nSPS) is 19.4. The molecule has 1 unspecified atom stereocenters. The van der Waals surface area contributed by atoms with Gasteiger partial charge in [0.1, 0.15) is 0 Å². The Morgan fingerprint density at radius 3 is 2.00 bits per heavy atom. The van der Waals surface area contributed by atoms with Crippen molar-refractivity contribution in [3.05, 3.63) is 88.5 Å². The largest absolute Gasteiger partial charge is 0.493 e. The van der Waals surface area contributed by atoms with E-state index in [1.54, 1.807) is 33.5 Å². The van der Waals surface area contributed by atoms with Crippen molar-refractivity contribution in [3.63, 3.8) is 0 Å². The van der Waals surface area contributed by atoms with Crippen LogP contribution in [0.5, 0.6) is 17.2 Å². The van der Waals surface area contributed by atoms with E-state index < -0.39 is 5.41 Å². The first-order chi connectivity index (χ1) is 21.2. The number of likely N-dealkylation sites (tertiary alicyclic amines) is 2. The predicted molar refractivity (Wildman–Crippen MR) is 179 cm³/mol. The summed E-state index contributed by atoms with van der Waals surface area (Å²) >= 11 is 0. The maximum Gasteiger partial charge on any atom is 0.254 e. The average Bonchev–Trinajstić information content (AvgIpc) is 3.50. The number of rotatable bonds is 10. The topological polar surface area (TPSA) is 94.3 Å². The summed E-state index contributed by atoms with van der Waals surface area (Å²) in [6, 6.07) is 20.1. The third-order valence-corrected chi connectivity index (χ3v) is 10.1. The van der Waals surface area contributed by atoms with Crippen LogP contribution in [0.4, 0.5) is 0 Å². The lowest BCUT2D eigenvalue weighted by molar-refractivity contribution is -0.125. The molecule has 242 valence electrons. The zero-order chi connectivity index (χ0) is 31.5. The number of halogens is 1. The van der Waals surface area contributed by atoms with Crippen molar-refractivity contribution in [1.82, 2.24) is 9.80 Å². The number of hydrogen-bond acceptors (Lipinski definition) is 6. The standard InChI is InChI=1S/C36H45N3O5.ClH/c1-25-11-12-29(21-26(25)2)35(13-17-38-18-15-36(16-19-38,34(37)41)28-9-7-6-8-10-28)14-20-39(24-35)33(40)27-22-30(42-3)32(44-5)31(23-27)43-4;/h6-12,21-23H,13-20,24H2,1-5H3,(H2,37,41);1H. The van der Waals surface area contributed by atoms with Gasteiger partial charge in [-0.1, -0.05) is 48.5 Å². The molecule has 0 saturated carbocycles. The lowest BCUT2D eigenvalue weighted by Gasteiger charge is -2.41. The fraction of sp³-hybridized carbons (Fsp3) is 0.444. The maximum absolute atomic E-state index is 13.9. The number of carbonyl (C=O) groups is 2. The van der Waals surface area contributed by atoms with Gasteiger partial charge >= 0.3 is 0 Å². The summed E-state index contributed by atoms with van der Waals surface area (Å²) in [6.45, 7) is 8.03. The first kappa shape index (κ1) is 34.1. The van der Waals surface area contributed by atoms with Gasteiger partial charge in [-0.15, -0.1) is 12.4 Å². The molecule has 2 amide bonds. The smallest absolute Gasteiger partial charge is 0.254 e. The van der Waals surface area contributed by atoms with Crippen LogP contribution in [0.15, 0.2) is 60.7 Å². The van der Waals surface area contributed by atoms with Crippen LogP contribution in [0.1, 0.15) is 58.3 Å². The summed E-state index contributed by atoms with van der Waals surface area (Å²) in [4.78, 5) is 31.1. The van der Waals surface area contributed by atoms with Gasteiger partial charge < -0.3 is 29.7 Å². The van der Waals surface area contributed by atoms with Gasteiger partial charge in [-0.3, -0.25) is 9.59 Å². The van der Waals surface area contributed by atoms with E-state index in [2.05, 4.69) is 36.9 Å². The molecule has 0 aromatic heterocycles. The number of piperidine rings is 1. The van der Waals surface area contributed by atoms with Crippen molar-refractivity contribution in [1.29, 1.82) is 0 Å². The molecule has 5 rings (SSSR count). The molecule has 2 saturated heterocycles. The zero-order valence-corrected chi connectivity index (χ0v) is 27.9. The molecule has 2 N–H and O–H groups in total. The second kappa shape index (κ2) is 14.1. The highest BCUT2D eigenvalue weighted by molar-refractivity contribution is 5.96. The van der Waals surface area contributed by atoms with Gasteiger partial charge in [0.25, 0.3) is 5.91 Å². The number of nitrogens with two attached hydrogens (primary N) is 1. The number of methoxy groups -OCH3 is 3. The van der Waals surface area contributed by atoms with Crippen molar-refractivity contribution in [2.75, 3.05) is 54.1 Å². The highest BCUT2D eigenvalue weighted by Crippen LogP contribution is 2.42. The minimum absolute atomic E-state index is 0. The summed E-state index contributed by atoms with van der Waals surface area (Å²) in [5.74, 6) is 1.09. The minimum atomic E-state index is -0.624. The molecule has 1 atom stereocenters. The fourth-order valence-electron chi connectivity index (χ4n) is 7.05. The minimum Gasteiger partial charge on any atom is -0.493 e. The third kappa shape index (κ3) is 6.63. The molecule has 9 heteroatoms. The fourth-order valence-corrected chi connectivity index (χ4v) is 7.05. The number of amides is 2. The molecule has 0 aliphatic carbocycles. The van der Waals surface area contributed by atoms with Gasteiger partial charge in [-0.05, 0) is 93.6 Å². The van der Waals surface area contributed by atoms with Gasteiger partial charge in [-0.25, -0.2) is 0 Å². The summed E-state index contributed by atoms with van der Waals surface area (Å²) < 4.78 is 16.5. The Hall–Kier alpha value is -3.75. The van der Waals surface area contributed by atoms with Gasteiger partial charge in [0.2, 0.25) is 11.7 Å². The number of nitrogens with zero attached hydrogens (tertiary/aromatic N) is 2. The maximum atomic E-state index is 13.9. The molecule has 0 bridgehead atoms. The van der Waals surface area contributed by atoms with Crippen molar-refractivity contribution in [2.45, 2.75) is 50.4 Å². The van der Waals surface area contributed by atoms with E-state index in [-0.39, 0.29) is 29.6 Å². The summed E-state index contributed by atoms with van der Waals surface area (Å²) in [7, 11) is 4.66. The SMILES string of the molecule is COc1cc(C(=O)N2CCC(CCN3CCC(C(N)=O)(c4ccccc4)CC3)(c3ccc(C)c(C)c3)C2)cc(OC)c1OC.Cl. The van der Waals surface area contributed by atoms with Crippen molar-refractivity contribution in [2.24, 2.45) is 5.73 Å². The molecule has 2 fully saturated rings. The third-order valence-electron chi connectivity index (χ3n) is 10.1. The molecule has 0 spiro atoms. The second-order valence-electron chi connectivity index (χ2n) is 12.4. The van der Waals surface area contributed by atoms with Crippen molar-refractivity contribution >= 4 is 24.2 Å². The Balaban J connectivity index is 0.00000461.